The first-order valence-corrected chi connectivity index (χ1v) is 10.1. The molecule has 0 aromatic heterocycles. The molecule has 0 radical (unpaired) electrons. The van der Waals surface area contributed by atoms with Crippen LogP contribution in [0.5, 0.6) is 0 Å². The van der Waals surface area contributed by atoms with Gasteiger partial charge in [0.05, 0.1) is 0 Å². The van der Waals surface area contributed by atoms with Gasteiger partial charge < -0.3 is 9.80 Å². The van der Waals surface area contributed by atoms with Crippen molar-refractivity contribution in [3.63, 3.8) is 0 Å². The molecular formula is C18H31N3S2. The lowest BCUT2D eigenvalue weighted by Gasteiger charge is -2.36. The number of hydrogen-bond acceptors (Lipinski definition) is 5. The van der Waals surface area contributed by atoms with Gasteiger partial charge in [-0.2, -0.15) is 0 Å². The number of thiol groups is 1. The third kappa shape index (κ3) is 7.48. The molecule has 0 unspecified atom stereocenters. The number of rotatable bonds is 9. The maximum absolute atomic E-state index is 4.32. The van der Waals surface area contributed by atoms with E-state index < -0.39 is 0 Å². The zero-order valence-electron chi connectivity index (χ0n) is 14.4. The maximum atomic E-state index is 4.32. The molecule has 1 aliphatic rings. The molecule has 23 heavy (non-hydrogen) atoms. The maximum Gasteiger partial charge on any atom is 0.0275 e. The van der Waals surface area contributed by atoms with E-state index in [1.807, 2.05) is 11.8 Å². The largest absolute Gasteiger partial charge is 0.301 e. The molecule has 1 saturated heterocycles. The molecule has 1 heterocycles. The summed E-state index contributed by atoms with van der Waals surface area (Å²) in [5, 5.41) is 0. The molecule has 1 fully saturated rings. The molecule has 1 aromatic carbocycles. The fraction of sp³-hybridized carbons (Fsp3) is 0.667. The minimum Gasteiger partial charge on any atom is -0.301 e. The molecular weight excluding hydrogens is 322 g/mol. The molecule has 0 spiro atoms. The van der Waals surface area contributed by atoms with E-state index in [9.17, 15) is 0 Å². The monoisotopic (exact) mass is 353 g/mol. The van der Waals surface area contributed by atoms with Gasteiger partial charge in [0.15, 0.2) is 0 Å². The van der Waals surface area contributed by atoms with E-state index >= 15 is 0 Å². The van der Waals surface area contributed by atoms with Crippen molar-refractivity contribution in [3.05, 3.63) is 30.3 Å². The van der Waals surface area contributed by atoms with Crippen LogP contribution in [0.15, 0.2) is 35.2 Å². The summed E-state index contributed by atoms with van der Waals surface area (Å²) >= 11 is 6.23. The zero-order valence-corrected chi connectivity index (χ0v) is 16.2. The Morgan fingerprint density at radius 2 is 1.74 bits per heavy atom. The fourth-order valence-electron chi connectivity index (χ4n) is 2.95. The Morgan fingerprint density at radius 3 is 2.35 bits per heavy atom. The van der Waals surface area contributed by atoms with Gasteiger partial charge in [0.25, 0.3) is 0 Å². The van der Waals surface area contributed by atoms with Crippen molar-refractivity contribution in [3.8, 4) is 0 Å². The van der Waals surface area contributed by atoms with Crippen LogP contribution in [0.1, 0.15) is 20.3 Å². The average molecular weight is 354 g/mol. The molecule has 130 valence electrons. The summed E-state index contributed by atoms with van der Waals surface area (Å²) in [6.07, 6.45) is 1.16. The van der Waals surface area contributed by atoms with Gasteiger partial charge in [-0.05, 0) is 31.0 Å². The van der Waals surface area contributed by atoms with Crippen LogP contribution >= 0.6 is 24.6 Å². The van der Waals surface area contributed by atoms with Crippen molar-refractivity contribution >= 4 is 24.6 Å². The standard InChI is InChI=1S/C18H31N3S2/c1-16(2)14-21-12-10-20(11-13-21)9-8-17(19-22)15-23-18-6-4-3-5-7-18/h3-7,16-17,19,22H,8-15H2,1-2H3/t17-/m1/s1. The van der Waals surface area contributed by atoms with Crippen LogP contribution in [-0.4, -0.2) is 60.9 Å². The summed E-state index contributed by atoms with van der Waals surface area (Å²) in [5.74, 6) is 1.84. The second-order valence-electron chi connectivity index (χ2n) is 6.77. The molecule has 1 aliphatic heterocycles. The van der Waals surface area contributed by atoms with Crippen molar-refractivity contribution in [2.45, 2.75) is 31.2 Å². The van der Waals surface area contributed by atoms with E-state index in [-0.39, 0.29) is 0 Å². The Balaban J connectivity index is 1.64. The number of piperazine rings is 1. The van der Waals surface area contributed by atoms with Crippen LogP contribution in [0.2, 0.25) is 0 Å². The van der Waals surface area contributed by atoms with E-state index in [1.54, 1.807) is 0 Å². The third-order valence-corrected chi connectivity index (χ3v) is 5.80. The van der Waals surface area contributed by atoms with Crippen LogP contribution in [0.3, 0.4) is 0 Å². The van der Waals surface area contributed by atoms with Crippen molar-refractivity contribution < 1.29 is 0 Å². The molecule has 2 rings (SSSR count). The summed E-state index contributed by atoms with van der Waals surface area (Å²) in [6, 6.07) is 11.1. The number of nitrogens with zero attached hydrogens (tertiary/aromatic N) is 2. The van der Waals surface area contributed by atoms with E-state index in [0.29, 0.717) is 6.04 Å². The van der Waals surface area contributed by atoms with E-state index in [0.717, 1.165) is 18.1 Å². The lowest BCUT2D eigenvalue weighted by molar-refractivity contribution is 0.120. The summed E-state index contributed by atoms with van der Waals surface area (Å²) < 4.78 is 3.18. The third-order valence-electron chi connectivity index (χ3n) is 4.26. The summed E-state index contributed by atoms with van der Waals surface area (Å²) in [4.78, 5) is 6.53. The summed E-state index contributed by atoms with van der Waals surface area (Å²) in [5.41, 5.74) is 0. The second kappa shape index (κ2) is 10.6. The average Bonchev–Trinajstić information content (AvgIpc) is 2.57. The number of benzene rings is 1. The minimum absolute atomic E-state index is 0.456. The minimum atomic E-state index is 0.456. The first-order chi connectivity index (χ1) is 11.2. The van der Waals surface area contributed by atoms with Crippen molar-refractivity contribution in [1.82, 2.24) is 14.5 Å². The molecule has 1 N–H and O–H groups in total. The first-order valence-electron chi connectivity index (χ1n) is 8.69. The van der Waals surface area contributed by atoms with Crippen molar-refractivity contribution in [2.24, 2.45) is 5.92 Å². The van der Waals surface area contributed by atoms with Crippen LogP contribution in [0, 0.1) is 5.92 Å². The highest BCUT2D eigenvalue weighted by Gasteiger charge is 2.18. The molecule has 0 saturated carbocycles. The molecule has 0 amide bonds. The van der Waals surface area contributed by atoms with Gasteiger partial charge in [0, 0.05) is 49.4 Å². The molecule has 1 aromatic rings. The normalized spacial score (nSPS) is 18.4. The van der Waals surface area contributed by atoms with Crippen molar-refractivity contribution in [2.75, 3.05) is 45.0 Å². The predicted molar refractivity (Wildman–Crippen MR) is 105 cm³/mol. The van der Waals surface area contributed by atoms with E-state index in [4.69, 9.17) is 0 Å². The molecule has 5 heteroatoms. The predicted octanol–water partition coefficient (Wildman–Crippen LogP) is 3.25. The van der Waals surface area contributed by atoms with E-state index in [1.165, 1.54) is 44.2 Å². The molecule has 0 aliphatic carbocycles. The quantitative estimate of drug-likeness (QED) is 0.524. The first kappa shape index (κ1) is 19.1. The van der Waals surface area contributed by atoms with Gasteiger partial charge in [-0.3, -0.25) is 4.72 Å². The summed E-state index contributed by atoms with van der Waals surface area (Å²) in [6.45, 7) is 11.9. The highest BCUT2D eigenvalue weighted by Crippen LogP contribution is 2.19. The Morgan fingerprint density at radius 1 is 1.09 bits per heavy atom. The topological polar surface area (TPSA) is 18.5 Å². The van der Waals surface area contributed by atoms with Gasteiger partial charge in [-0.25, -0.2) is 0 Å². The lowest BCUT2D eigenvalue weighted by Crippen LogP contribution is -2.48. The van der Waals surface area contributed by atoms with Gasteiger partial charge in [-0.1, -0.05) is 44.9 Å². The van der Waals surface area contributed by atoms with Crippen LogP contribution < -0.4 is 4.72 Å². The van der Waals surface area contributed by atoms with Crippen molar-refractivity contribution in [1.29, 1.82) is 0 Å². The van der Waals surface area contributed by atoms with E-state index in [2.05, 4.69) is 71.5 Å². The lowest BCUT2D eigenvalue weighted by atomic mass is 10.2. The van der Waals surface area contributed by atoms with Crippen LogP contribution in [0.4, 0.5) is 0 Å². The number of nitrogens with one attached hydrogen (secondary N) is 1. The smallest absolute Gasteiger partial charge is 0.0275 e. The second-order valence-corrected chi connectivity index (χ2v) is 8.13. The Bertz CT molecular complexity index is 420. The van der Waals surface area contributed by atoms with Gasteiger partial charge in [0.1, 0.15) is 0 Å². The van der Waals surface area contributed by atoms with Gasteiger partial charge >= 0.3 is 0 Å². The highest BCUT2D eigenvalue weighted by atomic mass is 32.2. The molecule has 3 nitrogen and oxygen atoms in total. The zero-order chi connectivity index (χ0) is 16.5. The molecule has 0 bridgehead atoms. The number of hydrogen-bond donors (Lipinski definition) is 2. The number of thioether (sulfide) groups is 1. The van der Waals surface area contributed by atoms with Gasteiger partial charge in [-0.15, -0.1) is 11.8 Å². The fourth-order valence-corrected chi connectivity index (χ4v) is 4.29. The summed E-state index contributed by atoms with van der Waals surface area (Å²) in [7, 11) is 0. The van der Waals surface area contributed by atoms with Crippen LogP contribution in [-0.2, 0) is 0 Å². The Hall–Kier alpha value is -0.200. The SMILES string of the molecule is CC(C)CN1CCN(CC[C@H](CSc2ccccc2)NS)CC1. The molecule has 1 atom stereocenters. The Kier molecular flexibility index (Phi) is 8.83. The highest BCUT2D eigenvalue weighted by molar-refractivity contribution is 7.99. The van der Waals surface area contributed by atoms with Crippen LogP contribution in [0.25, 0.3) is 0 Å². The van der Waals surface area contributed by atoms with Gasteiger partial charge in [0.2, 0.25) is 0 Å². The Labute approximate surface area is 151 Å².